The molecule has 2 heterocycles. The molecule has 9 heteroatoms. The van der Waals surface area contributed by atoms with Gasteiger partial charge in [-0.3, -0.25) is 9.67 Å². The molecule has 2 aromatic rings. The van der Waals surface area contributed by atoms with Crippen LogP contribution in [-0.4, -0.2) is 53.4 Å². The summed E-state index contributed by atoms with van der Waals surface area (Å²) in [7, 11) is 7.47. The van der Waals surface area contributed by atoms with Gasteiger partial charge in [0, 0.05) is 46.4 Å². The number of rotatable bonds is 8. The molecule has 1 N–H and O–H groups in total. The summed E-state index contributed by atoms with van der Waals surface area (Å²) in [5, 5.41) is 10.7. The van der Waals surface area contributed by atoms with Crippen LogP contribution in [0.3, 0.4) is 0 Å². The lowest BCUT2D eigenvalue weighted by Crippen LogP contribution is -2.39. The molecule has 1 atom stereocenters. The van der Waals surface area contributed by atoms with E-state index >= 15 is 0 Å². The molecule has 7 nitrogen and oxygen atoms in total. The molecule has 0 saturated carbocycles. The third-order valence-electron chi connectivity index (χ3n) is 3.93. The summed E-state index contributed by atoms with van der Waals surface area (Å²) >= 11 is 1.63. The zero-order valence-electron chi connectivity index (χ0n) is 16.1. The Morgan fingerprint density at radius 2 is 2.27 bits per heavy atom. The average Bonchev–Trinajstić information content (AvgIpc) is 3.23. The van der Waals surface area contributed by atoms with Crippen molar-refractivity contribution in [3.05, 3.63) is 34.0 Å². The number of guanidine groups is 1. The Balaban J connectivity index is 0.00000338. The minimum Gasteiger partial charge on any atom is -0.375 e. The van der Waals surface area contributed by atoms with E-state index < -0.39 is 0 Å². The topological polar surface area (TPSA) is 67.6 Å². The van der Waals surface area contributed by atoms with Gasteiger partial charge in [-0.15, -0.1) is 35.3 Å². The van der Waals surface area contributed by atoms with Crippen LogP contribution in [0.1, 0.15) is 35.7 Å². The van der Waals surface area contributed by atoms with Crippen LogP contribution in [0.15, 0.2) is 22.8 Å². The molecular formula is C17H29IN6OS. The molecular weight excluding hydrogens is 463 g/mol. The Morgan fingerprint density at radius 3 is 2.88 bits per heavy atom. The minimum atomic E-state index is 0. The highest BCUT2D eigenvalue weighted by Gasteiger charge is 2.12. The van der Waals surface area contributed by atoms with Crippen molar-refractivity contribution in [1.82, 2.24) is 25.0 Å². The van der Waals surface area contributed by atoms with Gasteiger partial charge in [-0.05, 0) is 25.3 Å². The maximum absolute atomic E-state index is 5.32. The van der Waals surface area contributed by atoms with Gasteiger partial charge in [0.1, 0.15) is 11.1 Å². The predicted octanol–water partition coefficient (Wildman–Crippen LogP) is 2.84. The zero-order chi connectivity index (χ0) is 18.2. The molecule has 0 saturated heterocycles. The number of halogens is 1. The first-order valence-corrected chi connectivity index (χ1v) is 9.27. The van der Waals surface area contributed by atoms with E-state index in [0.29, 0.717) is 0 Å². The molecule has 0 radical (unpaired) electrons. The van der Waals surface area contributed by atoms with E-state index in [0.717, 1.165) is 42.6 Å². The molecule has 146 valence electrons. The van der Waals surface area contributed by atoms with Crippen molar-refractivity contribution in [3.63, 3.8) is 0 Å². The van der Waals surface area contributed by atoms with Gasteiger partial charge in [-0.2, -0.15) is 5.10 Å². The second-order valence-corrected chi connectivity index (χ2v) is 6.90. The van der Waals surface area contributed by atoms with Gasteiger partial charge >= 0.3 is 0 Å². The lowest BCUT2D eigenvalue weighted by atomic mass is 10.2. The monoisotopic (exact) mass is 492 g/mol. The summed E-state index contributed by atoms with van der Waals surface area (Å²) in [5.41, 5.74) is 2.29. The van der Waals surface area contributed by atoms with Crippen LogP contribution in [0, 0.1) is 0 Å². The van der Waals surface area contributed by atoms with Crippen LogP contribution in [-0.2, 0) is 24.8 Å². The number of ether oxygens (including phenoxy) is 1. The van der Waals surface area contributed by atoms with Gasteiger partial charge in [0.25, 0.3) is 0 Å². The van der Waals surface area contributed by atoms with E-state index in [1.54, 1.807) is 25.5 Å². The molecule has 0 aromatic carbocycles. The number of aliphatic imine (C=N–C) groups is 1. The Hall–Kier alpha value is -1.20. The molecule has 26 heavy (non-hydrogen) atoms. The summed E-state index contributed by atoms with van der Waals surface area (Å²) in [6, 6.07) is 0. The largest absolute Gasteiger partial charge is 0.375 e. The van der Waals surface area contributed by atoms with E-state index in [4.69, 9.17) is 4.74 Å². The summed E-state index contributed by atoms with van der Waals surface area (Å²) in [6.07, 6.45) is 6.05. The van der Waals surface area contributed by atoms with E-state index in [2.05, 4.69) is 36.9 Å². The van der Waals surface area contributed by atoms with Crippen molar-refractivity contribution < 1.29 is 4.74 Å². The molecule has 0 aliphatic rings. The lowest BCUT2D eigenvalue weighted by Gasteiger charge is -2.21. The molecule has 0 amide bonds. The summed E-state index contributed by atoms with van der Waals surface area (Å²) in [5.74, 6) is 0.875. The maximum Gasteiger partial charge on any atom is 0.193 e. The number of hydrogen-bond acceptors (Lipinski definition) is 5. The molecule has 0 aliphatic carbocycles. The van der Waals surface area contributed by atoms with Crippen LogP contribution in [0.4, 0.5) is 0 Å². The maximum atomic E-state index is 5.32. The molecule has 0 aliphatic heterocycles. The third kappa shape index (κ3) is 6.84. The van der Waals surface area contributed by atoms with Crippen molar-refractivity contribution in [3.8, 4) is 0 Å². The first-order chi connectivity index (χ1) is 12.0. The molecule has 0 bridgehead atoms. The third-order valence-corrected chi connectivity index (χ3v) is 4.98. The fourth-order valence-electron chi connectivity index (χ4n) is 2.48. The first-order valence-electron chi connectivity index (χ1n) is 8.40. The van der Waals surface area contributed by atoms with Crippen molar-refractivity contribution in [2.45, 2.75) is 32.4 Å². The van der Waals surface area contributed by atoms with Crippen LogP contribution in [0.5, 0.6) is 0 Å². The van der Waals surface area contributed by atoms with Gasteiger partial charge in [0.05, 0.1) is 18.4 Å². The number of hydrogen-bond donors (Lipinski definition) is 1. The van der Waals surface area contributed by atoms with Crippen molar-refractivity contribution in [2.24, 2.45) is 12.0 Å². The van der Waals surface area contributed by atoms with Gasteiger partial charge in [-0.1, -0.05) is 0 Å². The van der Waals surface area contributed by atoms with Gasteiger partial charge in [0.15, 0.2) is 5.96 Å². The van der Waals surface area contributed by atoms with E-state index in [9.17, 15) is 0 Å². The molecule has 0 spiro atoms. The molecule has 2 aromatic heterocycles. The van der Waals surface area contributed by atoms with Crippen LogP contribution in [0.2, 0.25) is 0 Å². The Bertz CT molecular complexity index is 686. The molecule has 1 unspecified atom stereocenters. The summed E-state index contributed by atoms with van der Waals surface area (Å²) in [6.45, 7) is 3.60. The smallest absolute Gasteiger partial charge is 0.193 e. The summed E-state index contributed by atoms with van der Waals surface area (Å²) in [4.78, 5) is 11.1. The van der Waals surface area contributed by atoms with E-state index in [1.165, 1.54) is 5.56 Å². The lowest BCUT2D eigenvalue weighted by molar-refractivity contribution is 0.119. The predicted molar refractivity (Wildman–Crippen MR) is 117 cm³/mol. The number of aromatic nitrogens is 3. The zero-order valence-corrected chi connectivity index (χ0v) is 19.2. The number of aryl methyl sites for hydroxylation is 2. The first kappa shape index (κ1) is 22.8. The highest BCUT2D eigenvalue weighted by Crippen LogP contribution is 2.20. The van der Waals surface area contributed by atoms with Crippen molar-refractivity contribution in [2.75, 3.05) is 27.7 Å². The van der Waals surface area contributed by atoms with Crippen LogP contribution in [0.25, 0.3) is 0 Å². The molecule has 2 rings (SSSR count). The van der Waals surface area contributed by atoms with Gasteiger partial charge < -0.3 is 15.0 Å². The number of thiazole rings is 1. The van der Waals surface area contributed by atoms with Crippen LogP contribution >= 0.6 is 35.3 Å². The SMILES string of the molecule is CN=C(NCCCc1cnn(C)c1)N(C)Cc1csc(C(C)OC)n1.I. The van der Waals surface area contributed by atoms with Crippen molar-refractivity contribution in [1.29, 1.82) is 0 Å². The fourth-order valence-corrected chi connectivity index (χ4v) is 3.32. The Labute approximate surface area is 176 Å². The number of nitrogens with zero attached hydrogens (tertiary/aromatic N) is 5. The van der Waals surface area contributed by atoms with E-state index in [-0.39, 0.29) is 30.1 Å². The highest BCUT2D eigenvalue weighted by molar-refractivity contribution is 14.0. The average molecular weight is 492 g/mol. The van der Waals surface area contributed by atoms with Gasteiger partial charge in [0.2, 0.25) is 0 Å². The standard InChI is InChI=1S/C17H28N6OS.HI/c1-13(24-5)16-21-15(12-25-16)11-22(3)17(18-2)19-8-6-7-14-9-20-23(4)10-14;/h9-10,12-13H,6-8,11H2,1-5H3,(H,18,19);1H. The Morgan fingerprint density at radius 1 is 1.50 bits per heavy atom. The van der Waals surface area contributed by atoms with E-state index in [1.807, 2.05) is 31.9 Å². The highest BCUT2D eigenvalue weighted by atomic mass is 127. The van der Waals surface area contributed by atoms with Crippen molar-refractivity contribution >= 4 is 41.3 Å². The second kappa shape index (κ2) is 11.5. The molecule has 0 fully saturated rings. The normalized spacial score (nSPS) is 12.6. The quantitative estimate of drug-likeness (QED) is 0.266. The summed E-state index contributed by atoms with van der Waals surface area (Å²) < 4.78 is 7.15. The van der Waals surface area contributed by atoms with Gasteiger partial charge in [-0.25, -0.2) is 4.98 Å². The second-order valence-electron chi connectivity index (χ2n) is 6.01. The Kier molecular flexibility index (Phi) is 10.1. The van der Waals surface area contributed by atoms with Crippen LogP contribution < -0.4 is 5.32 Å². The fraction of sp³-hybridized carbons (Fsp3) is 0.588. The number of methoxy groups -OCH3 is 1. The minimum absolute atomic E-state index is 0. The number of nitrogens with one attached hydrogen (secondary N) is 1.